The van der Waals surface area contributed by atoms with Crippen LogP contribution in [-0.2, 0) is 9.59 Å². The monoisotopic (exact) mass is 242 g/mol. The van der Waals surface area contributed by atoms with Crippen molar-refractivity contribution in [1.82, 2.24) is 10.2 Å². The Morgan fingerprint density at radius 2 is 1.88 bits per heavy atom. The molecule has 0 atom stereocenters. The van der Waals surface area contributed by atoms with E-state index in [1.54, 1.807) is 11.8 Å². The van der Waals surface area contributed by atoms with Gasteiger partial charge in [0.1, 0.15) is 0 Å². The Kier molecular flexibility index (Phi) is 8.46. The van der Waals surface area contributed by atoms with Crippen molar-refractivity contribution in [2.75, 3.05) is 19.6 Å². The van der Waals surface area contributed by atoms with Crippen molar-refractivity contribution in [3.8, 4) is 0 Å². The lowest BCUT2D eigenvalue weighted by molar-refractivity contribution is -0.129. The number of rotatable bonds is 8. The van der Waals surface area contributed by atoms with Crippen LogP contribution in [0, 0.1) is 5.92 Å². The molecule has 4 heteroatoms. The summed E-state index contributed by atoms with van der Waals surface area (Å²) in [4.78, 5) is 24.6. The number of carbonyl (C=O) groups excluding carboxylic acids is 2. The third-order valence-corrected chi connectivity index (χ3v) is 2.60. The van der Waals surface area contributed by atoms with Crippen LogP contribution in [0.5, 0.6) is 0 Å². The molecule has 0 heterocycles. The van der Waals surface area contributed by atoms with Gasteiger partial charge in [-0.15, -0.1) is 0 Å². The molecule has 0 aromatic heterocycles. The molecule has 0 unspecified atom stereocenters. The quantitative estimate of drug-likeness (QED) is 0.705. The predicted octanol–water partition coefficient (Wildman–Crippen LogP) is 1.80. The topological polar surface area (TPSA) is 49.4 Å². The molecule has 0 aliphatic rings. The highest BCUT2D eigenvalue weighted by atomic mass is 16.2. The molecule has 1 N–H and O–H groups in total. The van der Waals surface area contributed by atoms with E-state index in [1.165, 1.54) is 0 Å². The molecule has 0 aliphatic heterocycles. The Morgan fingerprint density at radius 1 is 1.24 bits per heavy atom. The average molecular weight is 242 g/mol. The van der Waals surface area contributed by atoms with E-state index in [1.807, 2.05) is 6.92 Å². The molecule has 4 nitrogen and oxygen atoms in total. The Balaban J connectivity index is 3.92. The van der Waals surface area contributed by atoms with Crippen molar-refractivity contribution in [3.63, 3.8) is 0 Å². The Hall–Kier alpha value is -1.06. The molecule has 0 aliphatic carbocycles. The van der Waals surface area contributed by atoms with Crippen LogP contribution in [0.4, 0.5) is 0 Å². The minimum atomic E-state index is 0.0302. The van der Waals surface area contributed by atoms with E-state index in [0.717, 1.165) is 19.4 Å². The smallest absolute Gasteiger partial charge is 0.221 e. The molecule has 0 radical (unpaired) electrons. The first-order chi connectivity index (χ1) is 7.97. The van der Waals surface area contributed by atoms with Gasteiger partial charge in [0.05, 0.1) is 0 Å². The van der Waals surface area contributed by atoms with Gasteiger partial charge in [-0.2, -0.15) is 0 Å². The zero-order valence-electron chi connectivity index (χ0n) is 11.6. The summed E-state index contributed by atoms with van der Waals surface area (Å²) < 4.78 is 0. The molecule has 0 saturated carbocycles. The van der Waals surface area contributed by atoms with Gasteiger partial charge < -0.3 is 10.2 Å². The van der Waals surface area contributed by atoms with E-state index in [9.17, 15) is 9.59 Å². The third-order valence-electron chi connectivity index (χ3n) is 2.60. The van der Waals surface area contributed by atoms with Crippen molar-refractivity contribution >= 4 is 11.8 Å². The summed E-state index contributed by atoms with van der Waals surface area (Å²) in [5.74, 6) is 0.655. The third kappa shape index (κ3) is 8.72. The number of carbonyl (C=O) groups is 2. The first-order valence-corrected chi connectivity index (χ1v) is 6.49. The lowest BCUT2D eigenvalue weighted by atomic mass is 10.1. The zero-order chi connectivity index (χ0) is 13.3. The zero-order valence-corrected chi connectivity index (χ0v) is 11.6. The maximum absolute atomic E-state index is 11.4. The van der Waals surface area contributed by atoms with E-state index in [-0.39, 0.29) is 11.8 Å². The van der Waals surface area contributed by atoms with E-state index in [2.05, 4.69) is 19.2 Å². The second-order valence-electron chi connectivity index (χ2n) is 4.79. The summed E-state index contributed by atoms with van der Waals surface area (Å²) in [6.07, 6.45) is 2.32. The van der Waals surface area contributed by atoms with Crippen LogP contribution in [-0.4, -0.2) is 36.3 Å². The van der Waals surface area contributed by atoms with Gasteiger partial charge in [0.15, 0.2) is 0 Å². The second kappa shape index (κ2) is 9.02. The van der Waals surface area contributed by atoms with E-state index in [4.69, 9.17) is 0 Å². The lowest BCUT2D eigenvalue weighted by Crippen LogP contribution is -2.35. The molecule has 0 aromatic rings. The first kappa shape index (κ1) is 15.9. The Morgan fingerprint density at radius 3 is 2.35 bits per heavy atom. The van der Waals surface area contributed by atoms with Gasteiger partial charge in [0.2, 0.25) is 11.8 Å². The van der Waals surface area contributed by atoms with Crippen LogP contribution in [0.2, 0.25) is 0 Å². The lowest BCUT2D eigenvalue weighted by Gasteiger charge is -2.21. The summed E-state index contributed by atoms with van der Waals surface area (Å²) in [6, 6.07) is 0. The number of amides is 2. The van der Waals surface area contributed by atoms with Gasteiger partial charge in [0.25, 0.3) is 0 Å². The fourth-order valence-corrected chi connectivity index (χ4v) is 1.43. The van der Waals surface area contributed by atoms with Gasteiger partial charge in [-0.05, 0) is 18.8 Å². The van der Waals surface area contributed by atoms with Gasteiger partial charge in [-0.1, -0.05) is 20.8 Å². The maximum atomic E-state index is 11.4. The van der Waals surface area contributed by atoms with Gasteiger partial charge in [-0.25, -0.2) is 0 Å². The van der Waals surface area contributed by atoms with E-state index in [0.29, 0.717) is 25.4 Å². The van der Waals surface area contributed by atoms with Crippen molar-refractivity contribution in [3.05, 3.63) is 0 Å². The number of hydrogen-bond donors (Lipinski definition) is 1. The molecular formula is C13H26N2O2. The molecule has 0 spiro atoms. The minimum absolute atomic E-state index is 0.0302. The maximum Gasteiger partial charge on any atom is 0.221 e. The minimum Gasteiger partial charge on any atom is -0.356 e. The predicted molar refractivity (Wildman–Crippen MR) is 69.6 cm³/mol. The highest BCUT2D eigenvalue weighted by molar-refractivity contribution is 5.77. The Bertz CT molecular complexity index is 240. The second-order valence-corrected chi connectivity index (χ2v) is 4.79. The van der Waals surface area contributed by atoms with Crippen LogP contribution in [0.3, 0.4) is 0 Å². The van der Waals surface area contributed by atoms with Crippen LogP contribution in [0.1, 0.15) is 47.0 Å². The summed E-state index contributed by atoms with van der Waals surface area (Å²) in [5, 5.41) is 2.81. The highest BCUT2D eigenvalue weighted by Crippen LogP contribution is 2.03. The normalized spacial score (nSPS) is 10.4. The van der Waals surface area contributed by atoms with Gasteiger partial charge >= 0.3 is 0 Å². The van der Waals surface area contributed by atoms with Crippen LogP contribution in [0.25, 0.3) is 0 Å². The summed E-state index contributed by atoms with van der Waals surface area (Å²) in [7, 11) is 0. The molecule has 2 amide bonds. The van der Waals surface area contributed by atoms with Crippen molar-refractivity contribution in [1.29, 1.82) is 0 Å². The molecular weight excluding hydrogens is 216 g/mol. The number of nitrogens with zero attached hydrogens (tertiary/aromatic N) is 1. The van der Waals surface area contributed by atoms with Crippen molar-refractivity contribution < 1.29 is 9.59 Å². The molecule has 100 valence electrons. The van der Waals surface area contributed by atoms with Crippen LogP contribution in [0.15, 0.2) is 0 Å². The summed E-state index contributed by atoms with van der Waals surface area (Å²) in [5.41, 5.74) is 0. The van der Waals surface area contributed by atoms with Crippen molar-refractivity contribution in [2.45, 2.75) is 47.0 Å². The molecule has 0 bridgehead atoms. The average Bonchev–Trinajstić information content (AvgIpc) is 2.25. The van der Waals surface area contributed by atoms with E-state index < -0.39 is 0 Å². The summed E-state index contributed by atoms with van der Waals surface area (Å²) >= 11 is 0. The SMILES string of the molecule is CCCNC(=O)CCN(CCC(C)C)C(C)=O. The largest absolute Gasteiger partial charge is 0.356 e. The summed E-state index contributed by atoms with van der Waals surface area (Å²) in [6.45, 7) is 9.82. The Labute approximate surface area is 105 Å². The molecule has 17 heavy (non-hydrogen) atoms. The number of hydrogen-bond acceptors (Lipinski definition) is 2. The van der Waals surface area contributed by atoms with E-state index >= 15 is 0 Å². The highest BCUT2D eigenvalue weighted by Gasteiger charge is 2.11. The van der Waals surface area contributed by atoms with Crippen LogP contribution < -0.4 is 5.32 Å². The molecule has 0 saturated heterocycles. The van der Waals surface area contributed by atoms with Gasteiger partial charge in [0, 0.05) is 33.0 Å². The first-order valence-electron chi connectivity index (χ1n) is 6.49. The fourth-order valence-electron chi connectivity index (χ4n) is 1.43. The molecule has 0 aromatic carbocycles. The van der Waals surface area contributed by atoms with Gasteiger partial charge in [-0.3, -0.25) is 9.59 Å². The standard InChI is InChI=1S/C13H26N2O2/c1-5-8-14-13(17)7-10-15(12(4)16)9-6-11(2)3/h11H,5-10H2,1-4H3,(H,14,17). The number of nitrogens with one attached hydrogen (secondary N) is 1. The molecule has 0 fully saturated rings. The molecule has 0 rings (SSSR count). The van der Waals surface area contributed by atoms with Crippen molar-refractivity contribution in [2.24, 2.45) is 5.92 Å². The fraction of sp³-hybridized carbons (Fsp3) is 0.846. The van der Waals surface area contributed by atoms with Crippen LogP contribution >= 0.6 is 0 Å².